The minimum atomic E-state index is -0.200. The highest BCUT2D eigenvalue weighted by Crippen LogP contribution is 2.37. The van der Waals surface area contributed by atoms with Crippen molar-refractivity contribution < 1.29 is 4.39 Å². The first-order valence-electron chi connectivity index (χ1n) is 7.48. The predicted molar refractivity (Wildman–Crippen MR) is 99.4 cm³/mol. The van der Waals surface area contributed by atoms with Crippen LogP contribution < -0.4 is 5.32 Å². The van der Waals surface area contributed by atoms with E-state index in [4.69, 9.17) is 23.2 Å². The average Bonchev–Trinajstić information content (AvgIpc) is 3.00. The summed E-state index contributed by atoms with van der Waals surface area (Å²) in [5.41, 5.74) is 1.80. The fourth-order valence-electron chi connectivity index (χ4n) is 2.36. The summed E-state index contributed by atoms with van der Waals surface area (Å²) in [5.74, 6) is -0.200. The van der Waals surface area contributed by atoms with Crippen molar-refractivity contribution in [2.24, 2.45) is 0 Å². The summed E-state index contributed by atoms with van der Waals surface area (Å²) in [7, 11) is 0. The Morgan fingerprint density at radius 3 is 2.58 bits per heavy atom. The number of rotatable bonds is 6. The van der Waals surface area contributed by atoms with E-state index in [0.717, 1.165) is 34.0 Å². The van der Waals surface area contributed by atoms with Gasteiger partial charge < -0.3 is 5.32 Å². The molecule has 0 atom stereocenters. The molecule has 0 aliphatic carbocycles. The molecule has 0 saturated carbocycles. The first-order chi connectivity index (χ1) is 11.6. The number of thiazole rings is 1. The van der Waals surface area contributed by atoms with Crippen molar-refractivity contribution in [2.75, 3.05) is 6.54 Å². The summed E-state index contributed by atoms with van der Waals surface area (Å²) in [4.78, 5) is 5.36. The Balaban J connectivity index is 1.57. The molecule has 3 aromatic rings. The lowest BCUT2D eigenvalue weighted by atomic mass is 10.1. The van der Waals surface area contributed by atoms with E-state index in [1.807, 2.05) is 24.3 Å². The van der Waals surface area contributed by atoms with Gasteiger partial charge in [-0.25, -0.2) is 9.37 Å². The molecule has 0 amide bonds. The molecule has 2 aromatic carbocycles. The standard InChI is InChI=1S/C18H15Cl2FN2S/c19-14-5-2-6-15(20)18(14)16-10-23-17(24-16)11-22-8-7-12-3-1-4-13(21)9-12/h1-6,9-10,22H,7-8,11H2. The van der Waals surface area contributed by atoms with Gasteiger partial charge in [0, 0.05) is 18.3 Å². The molecule has 0 aliphatic rings. The normalized spacial score (nSPS) is 11.0. The van der Waals surface area contributed by atoms with Crippen LogP contribution in [0.1, 0.15) is 10.6 Å². The first kappa shape index (κ1) is 17.4. The number of benzene rings is 2. The molecule has 1 heterocycles. The molecular formula is C18H15Cl2FN2S. The van der Waals surface area contributed by atoms with Gasteiger partial charge in [-0.2, -0.15) is 0 Å². The fourth-order valence-corrected chi connectivity index (χ4v) is 4.04. The van der Waals surface area contributed by atoms with Gasteiger partial charge >= 0.3 is 0 Å². The predicted octanol–water partition coefficient (Wildman–Crippen LogP) is 5.59. The Morgan fingerprint density at radius 2 is 1.83 bits per heavy atom. The topological polar surface area (TPSA) is 24.9 Å². The first-order valence-corrected chi connectivity index (χ1v) is 9.05. The number of halogens is 3. The Hall–Kier alpha value is -1.46. The van der Waals surface area contributed by atoms with Crippen LogP contribution in [-0.2, 0) is 13.0 Å². The summed E-state index contributed by atoms with van der Waals surface area (Å²) in [6.45, 7) is 1.41. The van der Waals surface area contributed by atoms with E-state index in [9.17, 15) is 4.39 Å². The summed E-state index contributed by atoms with van der Waals surface area (Å²) in [6.07, 6.45) is 2.56. The maximum atomic E-state index is 13.1. The van der Waals surface area contributed by atoms with Crippen molar-refractivity contribution in [1.29, 1.82) is 0 Å². The van der Waals surface area contributed by atoms with Gasteiger partial charge in [-0.1, -0.05) is 41.4 Å². The lowest BCUT2D eigenvalue weighted by Crippen LogP contribution is -2.16. The quantitative estimate of drug-likeness (QED) is 0.563. The molecule has 3 rings (SSSR count). The van der Waals surface area contributed by atoms with Gasteiger partial charge in [0.15, 0.2) is 0 Å². The van der Waals surface area contributed by atoms with E-state index >= 15 is 0 Å². The Labute approximate surface area is 154 Å². The molecule has 2 nitrogen and oxygen atoms in total. The number of nitrogens with zero attached hydrogens (tertiary/aromatic N) is 1. The fraction of sp³-hybridized carbons (Fsp3) is 0.167. The summed E-state index contributed by atoms with van der Waals surface area (Å²) >= 11 is 14.0. The molecule has 1 N–H and O–H groups in total. The zero-order valence-corrected chi connectivity index (χ0v) is 15.1. The number of nitrogens with one attached hydrogen (secondary N) is 1. The van der Waals surface area contributed by atoms with E-state index < -0.39 is 0 Å². The Kier molecular flexibility index (Phi) is 5.85. The smallest absolute Gasteiger partial charge is 0.123 e. The summed E-state index contributed by atoms with van der Waals surface area (Å²) in [5, 5.41) is 5.53. The average molecular weight is 381 g/mol. The molecule has 0 spiro atoms. The minimum absolute atomic E-state index is 0.200. The lowest BCUT2D eigenvalue weighted by molar-refractivity contribution is 0.622. The molecule has 0 bridgehead atoms. The summed E-state index contributed by atoms with van der Waals surface area (Å²) < 4.78 is 13.1. The highest BCUT2D eigenvalue weighted by Gasteiger charge is 2.11. The van der Waals surface area contributed by atoms with E-state index in [1.54, 1.807) is 29.7 Å². The van der Waals surface area contributed by atoms with Gasteiger partial charge in [-0.15, -0.1) is 11.3 Å². The van der Waals surface area contributed by atoms with Gasteiger partial charge in [-0.05, 0) is 42.8 Å². The zero-order valence-electron chi connectivity index (χ0n) is 12.7. The van der Waals surface area contributed by atoms with Crippen LogP contribution in [-0.4, -0.2) is 11.5 Å². The molecule has 1 aromatic heterocycles. The second kappa shape index (κ2) is 8.08. The van der Waals surface area contributed by atoms with Crippen LogP contribution in [0, 0.1) is 5.82 Å². The molecule has 6 heteroatoms. The summed E-state index contributed by atoms with van der Waals surface area (Å²) in [6, 6.07) is 12.1. The second-order valence-electron chi connectivity index (χ2n) is 5.27. The van der Waals surface area contributed by atoms with Crippen LogP contribution in [0.15, 0.2) is 48.7 Å². The van der Waals surface area contributed by atoms with Crippen LogP contribution in [0.5, 0.6) is 0 Å². The monoisotopic (exact) mass is 380 g/mol. The van der Waals surface area contributed by atoms with Crippen LogP contribution in [0.2, 0.25) is 10.0 Å². The second-order valence-corrected chi connectivity index (χ2v) is 7.20. The van der Waals surface area contributed by atoms with E-state index in [0.29, 0.717) is 16.6 Å². The number of hydrogen-bond acceptors (Lipinski definition) is 3. The minimum Gasteiger partial charge on any atom is -0.310 e. The molecule has 0 aliphatic heterocycles. The SMILES string of the molecule is Fc1cccc(CCNCc2ncc(-c3c(Cl)cccc3Cl)s2)c1. The Morgan fingerprint density at radius 1 is 1.08 bits per heavy atom. The lowest BCUT2D eigenvalue weighted by Gasteiger charge is -2.04. The van der Waals surface area contributed by atoms with E-state index in [2.05, 4.69) is 10.3 Å². The zero-order chi connectivity index (χ0) is 16.9. The number of hydrogen-bond donors (Lipinski definition) is 1. The van der Waals surface area contributed by atoms with Crippen molar-refractivity contribution in [2.45, 2.75) is 13.0 Å². The highest BCUT2D eigenvalue weighted by atomic mass is 35.5. The highest BCUT2D eigenvalue weighted by molar-refractivity contribution is 7.15. The van der Waals surface area contributed by atoms with Crippen LogP contribution in [0.3, 0.4) is 0 Å². The molecule has 24 heavy (non-hydrogen) atoms. The van der Waals surface area contributed by atoms with Gasteiger partial charge in [-0.3, -0.25) is 0 Å². The number of aromatic nitrogens is 1. The molecule has 0 radical (unpaired) electrons. The van der Waals surface area contributed by atoms with Crippen molar-refractivity contribution in [1.82, 2.24) is 10.3 Å². The molecule has 0 unspecified atom stereocenters. The van der Waals surface area contributed by atoms with Crippen LogP contribution >= 0.6 is 34.5 Å². The molecular weight excluding hydrogens is 366 g/mol. The maximum absolute atomic E-state index is 13.1. The molecule has 124 valence electrons. The van der Waals surface area contributed by atoms with Gasteiger partial charge in [0.05, 0.1) is 14.9 Å². The van der Waals surface area contributed by atoms with Crippen LogP contribution in [0.4, 0.5) is 4.39 Å². The van der Waals surface area contributed by atoms with E-state index in [1.165, 1.54) is 6.07 Å². The van der Waals surface area contributed by atoms with Crippen molar-refractivity contribution in [3.63, 3.8) is 0 Å². The third kappa shape index (κ3) is 4.33. The largest absolute Gasteiger partial charge is 0.310 e. The van der Waals surface area contributed by atoms with Crippen LogP contribution in [0.25, 0.3) is 10.4 Å². The Bertz CT molecular complexity index is 815. The third-order valence-corrected chi connectivity index (χ3v) is 5.16. The maximum Gasteiger partial charge on any atom is 0.123 e. The van der Waals surface area contributed by atoms with Crippen molar-refractivity contribution in [3.8, 4) is 10.4 Å². The van der Waals surface area contributed by atoms with Crippen molar-refractivity contribution >= 4 is 34.5 Å². The van der Waals surface area contributed by atoms with Gasteiger partial charge in [0.25, 0.3) is 0 Å². The van der Waals surface area contributed by atoms with Crippen molar-refractivity contribution in [3.05, 3.63) is 75.1 Å². The molecule has 0 fully saturated rings. The van der Waals surface area contributed by atoms with Gasteiger partial charge in [0.1, 0.15) is 10.8 Å². The molecule has 0 saturated heterocycles. The van der Waals surface area contributed by atoms with E-state index in [-0.39, 0.29) is 5.82 Å². The third-order valence-electron chi connectivity index (χ3n) is 3.52. The van der Waals surface area contributed by atoms with Gasteiger partial charge in [0.2, 0.25) is 0 Å².